The van der Waals surface area contributed by atoms with Crippen LogP contribution in [0, 0.1) is 16.0 Å². The number of carboxylic acid groups (broad SMARTS) is 1. The summed E-state index contributed by atoms with van der Waals surface area (Å²) in [5, 5.41) is 22.4. The van der Waals surface area contributed by atoms with E-state index >= 15 is 0 Å². The molecule has 1 fully saturated rings. The molecule has 0 spiro atoms. The van der Waals surface area contributed by atoms with Gasteiger partial charge in [0, 0.05) is 18.1 Å². The van der Waals surface area contributed by atoms with Crippen molar-refractivity contribution < 1.29 is 19.6 Å². The molecule has 0 aromatic heterocycles. The number of hydrogen-bond acceptors (Lipinski definition) is 4. The number of nitrogens with one attached hydrogen (secondary N) is 1. The van der Waals surface area contributed by atoms with Crippen LogP contribution in [-0.4, -0.2) is 21.9 Å². The number of carbonyl (C=O) groups is 2. The molecule has 112 valence electrons. The van der Waals surface area contributed by atoms with Crippen molar-refractivity contribution in [2.75, 3.05) is 5.32 Å². The minimum atomic E-state index is -1.23. The molecule has 1 aromatic rings. The molecule has 1 amide bonds. The highest BCUT2D eigenvalue weighted by Gasteiger charge is 2.23. The molecule has 0 saturated heterocycles. The fraction of sp³-hybridized carbons (Fsp3) is 0.429. The first-order valence-corrected chi connectivity index (χ1v) is 6.81. The second-order valence-electron chi connectivity index (χ2n) is 5.12. The third-order valence-corrected chi connectivity index (χ3v) is 3.68. The third-order valence-electron chi connectivity index (χ3n) is 3.68. The van der Waals surface area contributed by atoms with E-state index in [1.807, 2.05) is 0 Å². The number of nitro groups is 1. The number of carboxylic acids is 1. The van der Waals surface area contributed by atoms with Gasteiger partial charge in [0.2, 0.25) is 5.91 Å². The Labute approximate surface area is 121 Å². The molecule has 21 heavy (non-hydrogen) atoms. The molecule has 0 unspecified atom stereocenters. The minimum Gasteiger partial charge on any atom is -0.478 e. The van der Waals surface area contributed by atoms with Crippen LogP contribution in [0.4, 0.5) is 11.4 Å². The maximum absolute atomic E-state index is 12.1. The van der Waals surface area contributed by atoms with Gasteiger partial charge in [0.05, 0.1) is 16.2 Å². The van der Waals surface area contributed by atoms with Crippen molar-refractivity contribution in [3.8, 4) is 0 Å². The van der Waals surface area contributed by atoms with Gasteiger partial charge in [-0.1, -0.05) is 19.3 Å². The zero-order chi connectivity index (χ0) is 15.4. The van der Waals surface area contributed by atoms with E-state index in [0.717, 1.165) is 50.3 Å². The molecule has 2 rings (SSSR count). The predicted molar refractivity (Wildman–Crippen MR) is 75.3 cm³/mol. The van der Waals surface area contributed by atoms with Crippen LogP contribution in [-0.2, 0) is 4.79 Å². The number of non-ortho nitro benzene ring substituents is 1. The zero-order valence-corrected chi connectivity index (χ0v) is 11.4. The maximum atomic E-state index is 12.1. The van der Waals surface area contributed by atoms with Crippen molar-refractivity contribution in [2.24, 2.45) is 5.92 Å². The van der Waals surface area contributed by atoms with E-state index in [0.29, 0.717) is 0 Å². The van der Waals surface area contributed by atoms with Crippen LogP contribution in [0.2, 0.25) is 0 Å². The van der Waals surface area contributed by atoms with Gasteiger partial charge in [-0.2, -0.15) is 0 Å². The van der Waals surface area contributed by atoms with Crippen molar-refractivity contribution in [3.05, 3.63) is 33.9 Å². The highest BCUT2D eigenvalue weighted by atomic mass is 16.6. The van der Waals surface area contributed by atoms with E-state index < -0.39 is 10.9 Å². The van der Waals surface area contributed by atoms with E-state index in [1.165, 1.54) is 0 Å². The molecular formula is C14H16N2O5. The Bertz CT molecular complexity index is 579. The Morgan fingerprint density at radius 2 is 1.90 bits per heavy atom. The molecule has 7 heteroatoms. The first-order valence-electron chi connectivity index (χ1n) is 6.81. The van der Waals surface area contributed by atoms with Crippen molar-refractivity contribution in [3.63, 3.8) is 0 Å². The van der Waals surface area contributed by atoms with Crippen LogP contribution in [0.5, 0.6) is 0 Å². The van der Waals surface area contributed by atoms with Crippen LogP contribution in [0.25, 0.3) is 0 Å². The largest absolute Gasteiger partial charge is 0.478 e. The lowest BCUT2D eigenvalue weighted by molar-refractivity contribution is -0.384. The Morgan fingerprint density at radius 3 is 2.48 bits per heavy atom. The lowest BCUT2D eigenvalue weighted by atomic mass is 9.88. The smallest absolute Gasteiger partial charge is 0.337 e. The number of carbonyl (C=O) groups excluding carboxylic acids is 1. The van der Waals surface area contributed by atoms with Crippen molar-refractivity contribution in [1.29, 1.82) is 0 Å². The van der Waals surface area contributed by atoms with Crippen LogP contribution >= 0.6 is 0 Å². The van der Waals surface area contributed by atoms with Crippen molar-refractivity contribution in [2.45, 2.75) is 32.1 Å². The van der Waals surface area contributed by atoms with Gasteiger partial charge in [-0.25, -0.2) is 4.79 Å². The van der Waals surface area contributed by atoms with Gasteiger partial charge in [0.15, 0.2) is 0 Å². The number of nitro benzene ring substituents is 1. The summed E-state index contributed by atoms with van der Waals surface area (Å²) in [5.74, 6) is -1.65. The molecule has 0 atom stereocenters. The fourth-order valence-electron chi connectivity index (χ4n) is 2.54. The van der Waals surface area contributed by atoms with Gasteiger partial charge in [0.1, 0.15) is 0 Å². The molecule has 0 aliphatic heterocycles. The van der Waals surface area contributed by atoms with Gasteiger partial charge in [-0.05, 0) is 18.9 Å². The Kier molecular flexibility index (Phi) is 4.52. The van der Waals surface area contributed by atoms with Gasteiger partial charge in [0.25, 0.3) is 5.69 Å². The van der Waals surface area contributed by atoms with E-state index in [4.69, 9.17) is 5.11 Å². The summed E-state index contributed by atoms with van der Waals surface area (Å²) >= 11 is 0. The van der Waals surface area contributed by atoms with Gasteiger partial charge in [-0.15, -0.1) is 0 Å². The standard InChI is InChI=1S/C14H16N2O5/c17-13(9-4-2-1-3-5-9)15-12-8-10(16(20)21)6-7-11(12)14(18)19/h6-9H,1-5H2,(H,15,17)(H,18,19). The quantitative estimate of drug-likeness (QED) is 0.655. The van der Waals surface area contributed by atoms with Crippen LogP contribution < -0.4 is 5.32 Å². The number of benzene rings is 1. The summed E-state index contributed by atoms with van der Waals surface area (Å²) in [6.07, 6.45) is 4.57. The van der Waals surface area contributed by atoms with Crippen LogP contribution in [0.3, 0.4) is 0 Å². The normalized spacial score (nSPS) is 15.4. The molecule has 1 aliphatic carbocycles. The molecule has 1 aromatic carbocycles. The van der Waals surface area contributed by atoms with Gasteiger partial charge in [-0.3, -0.25) is 14.9 Å². The number of rotatable bonds is 4. The molecule has 0 bridgehead atoms. The second kappa shape index (κ2) is 6.34. The Morgan fingerprint density at radius 1 is 1.24 bits per heavy atom. The molecule has 1 saturated carbocycles. The third kappa shape index (κ3) is 3.56. The SMILES string of the molecule is O=C(O)c1ccc([N+](=O)[O-])cc1NC(=O)C1CCCCC1. The van der Waals surface area contributed by atoms with Crippen molar-refractivity contribution in [1.82, 2.24) is 0 Å². The Balaban J connectivity index is 2.23. The average molecular weight is 292 g/mol. The first kappa shape index (κ1) is 15.0. The van der Waals surface area contributed by atoms with E-state index in [2.05, 4.69) is 5.32 Å². The van der Waals surface area contributed by atoms with Gasteiger partial charge >= 0.3 is 5.97 Å². The average Bonchev–Trinajstić information content (AvgIpc) is 2.47. The summed E-state index contributed by atoms with van der Waals surface area (Å²) in [6, 6.07) is 3.33. The molecule has 7 nitrogen and oxygen atoms in total. The first-order chi connectivity index (χ1) is 9.99. The number of hydrogen-bond donors (Lipinski definition) is 2. The Hall–Kier alpha value is -2.44. The summed E-state index contributed by atoms with van der Waals surface area (Å²) < 4.78 is 0. The second-order valence-corrected chi connectivity index (χ2v) is 5.12. The summed E-state index contributed by atoms with van der Waals surface area (Å²) in [7, 11) is 0. The molecular weight excluding hydrogens is 276 g/mol. The molecule has 2 N–H and O–H groups in total. The predicted octanol–water partition coefficient (Wildman–Crippen LogP) is 2.81. The van der Waals surface area contributed by atoms with Crippen molar-refractivity contribution >= 4 is 23.3 Å². The monoisotopic (exact) mass is 292 g/mol. The number of aromatic carboxylic acids is 1. The van der Waals surface area contributed by atoms with E-state index in [1.54, 1.807) is 0 Å². The fourth-order valence-corrected chi connectivity index (χ4v) is 2.54. The highest BCUT2D eigenvalue weighted by molar-refractivity contribution is 6.01. The van der Waals surface area contributed by atoms with Crippen LogP contribution in [0.15, 0.2) is 18.2 Å². The highest BCUT2D eigenvalue weighted by Crippen LogP contribution is 2.27. The topological polar surface area (TPSA) is 110 Å². The van der Waals surface area contributed by atoms with Gasteiger partial charge < -0.3 is 10.4 Å². The number of anilines is 1. The minimum absolute atomic E-state index is 0.0210. The van der Waals surface area contributed by atoms with E-state index in [-0.39, 0.29) is 28.8 Å². The number of amides is 1. The zero-order valence-electron chi connectivity index (χ0n) is 11.4. The molecule has 0 radical (unpaired) electrons. The lowest BCUT2D eigenvalue weighted by Crippen LogP contribution is -2.25. The summed E-state index contributed by atoms with van der Waals surface area (Å²) in [4.78, 5) is 33.4. The van der Waals surface area contributed by atoms with E-state index in [9.17, 15) is 19.7 Å². The molecule has 1 aliphatic rings. The maximum Gasteiger partial charge on any atom is 0.337 e. The van der Waals surface area contributed by atoms with Crippen LogP contribution in [0.1, 0.15) is 42.5 Å². The summed E-state index contributed by atoms with van der Waals surface area (Å²) in [5.41, 5.74) is -0.420. The lowest BCUT2D eigenvalue weighted by Gasteiger charge is -2.21. The number of nitrogens with zero attached hydrogens (tertiary/aromatic N) is 1. The molecule has 0 heterocycles. The summed E-state index contributed by atoms with van der Waals surface area (Å²) in [6.45, 7) is 0.